The van der Waals surface area contributed by atoms with Crippen molar-refractivity contribution in [1.82, 2.24) is 25.4 Å². The van der Waals surface area contributed by atoms with E-state index in [4.69, 9.17) is 9.41 Å². The number of aryl methyl sites for hydroxylation is 2. The van der Waals surface area contributed by atoms with Crippen molar-refractivity contribution in [2.75, 3.05) is 6.54 Å². The van der Waals surface area contributed by atoms with Crippen LogP contribution in [0, 0.1) is 6.92 Å². The predicted octanol–water partition coefficient (Wildman–Crippen LogP) is 3.21. The molecular weight excluding hydrogens is 443 g/mol. The van der Waals surface area contributed by atoms with Crippen molar-refractivity contribution >= 4 is 29.9 Å². The third kappa shape index (κ3) is 5.46. The Labute approximate surface area is 172 Å². The first-order chi connectivity index (χ1) is 12.2. The highest BCUT2D eigenvalue weighted by Gasteiger charge is 2.24. The van der Waals surface area contributed by atoms with Gasteiger partial charge in [0.2, 0.25) is 0 Å². The fraction of sp³-hybridized carbons (Fsp3) is 0.611. The summed E-state index contributed by atoms with van der Waals surface area (Å²) in [5.41, 5.74) is 0. The zero-order chi connectivity index (χ0) is 17.6. The van der Waals surface area contributed by atoms with E-state index in [9.17, 15) is 0 Å². The number of rotatable bonds is 6. The van der Waals surface area contributed by atoms with E-state index in [1.807, 2.05) is 23.7 Å². The summed E-state index contributed by atoms with van der Waals surface area (Å²) >= 11 is 0. The van der Waals surface area contributed by atoms with E-state index < -0.39 is 0 Å². The summed E-state index contributed by atoms with van der Waals surface area (Å²) in [6, 6.07) is 4.40. The molecule has 3 rings (SSSR count). The number of halogens is 1. The van der Waals surface area contributed by atoms with Crippen LogP contribution >= 0.6 is 24.0 Å². The van der Waals surface area contributed by atoms with Crippen molar-refractivity contribution < 1.29 is 4.42 Å². The van der Waals surface area contributed by atoms with E-state index in [1.165, 1.54) is 0 Å². The Morgan fingerprint density at radius 1 is 1.50 bits per heavy atom. The van der Waals surface area contributed by atoms with Crippen LogP contribution in [0.25, 0.3) is 0 Å². The van der Waals surface area contributed by atoms with Gasteiger partial charge in [-0.3, -0.25) is 4.99 Å². The highest BCUT2D eigenvalue weighted by Crippen LogP contribution is 2.22. The maximum absolute atomic E-state index is 5.39. The molecule has 3 heterocycles. The fourth-order valence-corrected chi connectivity index (χ4v) is 2.97. The summed E-state index contributed by atoms with van der Waals surface area (Å²) in [6.07, 6.45) is 5.67. The van der Waals surface area contributed by atoms with E-state index in [-0.39, 0.29) is 30.0 Å². The van der Waals surface area contributed by atoms with Crippen molar-refractivity contribution in [2.45, 2.75) is 65.1 Å². The number of fused-ring (bicyclic) bond motifs is 1. The molecule has 26 heavy (non-hydrogen) atoms. The van der Waals surface area contributed by atoms with E-state index in [0.717, 1.165) is 55.6 Å². The van der Waals surface area contributed by atoms with Gasteiger partial charge in [-0.25, -0.2) is 9.67 Å². The average molecular weight is 472 g/mol. The highest BCUT2D eigenvalue weighted by atomic mass is 127. The van der Waals surface area contributed by atoms with Crippen molar-refractivity contribution in [3.63, 3.8) is 0 Å². The molecule has 144 valence electrons. The number of nitrogens with zero attached hydrogens (tertiary/aromatic N) is 4. The summed E-state index contributed by atoms with van der Waals surface area (Å²) in [5.74, 6) is 3.63. The molecule has 0 saturated heterocycles. The quantitative estimate of drug-likeness (QED) is 0.384. The lowest BCUT2D eigenvalue weighted by molar-refractivity contribution is 0.396. The minimum Gasteiger partial charge on any atom is -0.469 e. The van der Waals surface area contributed by atoms with Crippen molar-refractivity contribution in [2.24, 2.45) is 4.99 Å². The van der Waals surface area contributed by atoms with Crippen LogP contribution in [-0.2, 0) is 13.0 Å². The van der Waals surface area contributed by atoms with Crippen LogP contribution < -0.4 is 10.6 Å². The van der Waals surface area contributed by atoms with Gasteiger partial charge in [-0.15, -0.1) is 24.0 Å². The lowest BCUT2D eigenvalue weighted by atomic mass is 10.1. The monoisotopic (exact) mass is 472 g/mol. The number of hydrogen-bond acceptors (Lipinski definition) is 4. The molecule has 0 bridgehead atoms. The Balaban J connectivity index is 0.00000243. The molecule has 1 aliphatic heterocycles. The number of nitrogens with one attached hydrogen (secondary N) is 2. The summed E-state index contributed by atoms with van der Waals surface area (Å²) < 4.78 is 7.40. The summed E-state index contributed by atoms with van der Waals surface area (Å²) in [4.78, 5) is 9.33. The minimum absolute atomic E-state index is 0. The van der Waals surface area contributed by atoms with Gasteiger partial charge in [-0.05, 0) is 45.2 Å². The highest BCUT2D eigenvalue weighted by molar-refractivity contribution is 14.0. The van der Waals surface area contributed by atoms with Crippen LogP contribution in [0.2, 0.25) is 0 Å². The molecule has 0 aliphatic carbocycles. The molecule has 2 atom stereocenters. The van der Waals surface area contributed by atoms with Crippen LogP contribution in [0.3, 0.4) is 0 Å². The molecule has 2 N–H and O–H groups in total. The van der Waals surface area contributed by atoms with Crippen LogP contribution in [-0.4, -0.2) is 33.3 Å². The first-order valence-electron chi connectivity index (χ1n) is 9.17. The van der Waals surface area contributed by atoms with Gasteiger partial charge < -0.3 is 15.1 Å². The first-order valence-corrected chi connectivity index (χ1v) is 9.17. The number of furan rings is 1. The molecular formula is C18H29IN6O. The van der Waals surface area contributed by atoms with E-state index in [0.29, 0.717) is 12.6 Å². The molecule has 0 amide bonds. The van der Waals surface area contributed by atoms with Gasteiger partial charge in [-0.2, -0.15) is 5.10 Å². The Kier molecular flexibility index (Phi) is 7.92. The molecule has 2 aromatic heterocycles. The predicted molar refractivity (Wildman–Crippen MR) is 113 cm³/mol. The first kappa shape index (κ1) is 20.7. The zero-order valence-electron chi connectivity index (χ0n) is 15.7. The maximum atomic E-state index is 5.39. The van der Waals surface area contributed by atoms with Gasteiger partial charge in [0.1, 0.15) is 17.4 Å². The standard InChI is InChI=1S/C18H28N6O.HI/c1-4-13(2)20-18(19-10-9-15-7-6-12-25-15)22-16-8-5-11-24-17(16)21-14(3)23-24;/h6-7,12-13,16H,4-5,8-11H2,1-3H3,(H2,19,20,22);1H. The van der Waals surface area contributed by atoms with E-state index in [1.54, 1.807) is 6.26 Å². The largest absolute Gasteiger partial charge is 0.469 e. The van der Waals surface area contributed by atoms with Crippen LogP contribution in [0.1, 0.15) is 56.6 Å². The minimum atomic E-state index is 0. The number of aromatic nitrogens is 3. The molecule has 0 saturated carbocycles. The van der Waals surface area contributed by atoms with Gasteiger partial charge in [-0.1, -0.05) is 6.92 Å². The molecule has 0 fully saturated rings. The molecule has 0 radical (unpaired) electrons. The van der Waals surface area contributed by atoms with Gasteiger partial charge in [0.05, 0.1) is 12.3 Å². The molecule has 2 unspecified atom stereocenters. The normalized spacial score (nSPS) is 18.0. The number of hydrogen-bond donors (Lipinski definition) is 2. The molecule has 2 aromatic rings. The van der Waals surface area contributed by atoms with Crippen LogP contribution in [0.4, 0.5) is 0 Å². The van der Waals surface area contributed by atoms with Crippen LogP contribution in [0.15, 0.2) is 27.8 Å². The number of guanidine groups is 1. The third-order valence-corrected chi connectivity index (χ3v) is 4.50. The lowest BCUT2D eigenvalue weighted by Gasteiger charge is -2.26. The zero-order valence-corrected chi connectivity index (χ0v) is 18.1. The Bertz CT molecular complexity index is 697. The summed E-state index contributed by atoms with van der Waals surface area (Å²) in [6.45, 7) is 7.89. The van der Waals surface area contributed by atoms with Gasteiger partial charge >= 0.3 is 0 Å². The second-order valence-electron chi connectivity index (χ2n) is 6.59. The smallest absolute Gasteiger partial charge is 0.192 e. The summed E-state index contributed by atoms with van der Waals surface area (Å²) in [5, 5.41) is 11.5. The van der Waals surface area contributed by atoms with E-state index in [2.05, 4.69) is 34.6 Å². The fourth-order valence-electron chi connectivity index (χ4n) is 2.97. The van der Waals surface area contributed by atoms with Gasteiger partial charge in [0.15, 0.2) is 5.96 Å². The second-order valence-corrected chi connectivity index (χ2v) is 6.59. The van der Waals surface area contributed by atoms with Gasteiger partial charge in [0, 0.05) is 25.6 Å². The average Bonchev–Trinajstić information content (AvgIpc) is 3.23. The molecule has 0 spiro atoms. The SMILES string of the molecule is CCC(C)NC(=NCCc1ccco1)NC1CCCn2nc(C)nc21.I. The maximum Gasteiger partial charge on any atom is 0.192 e. The Morgan fingerprint density at radius 3 is 3.08 bits per heavy atom. The third-order valence-electron chi connectivity index (χ3n) is 4.50. The van der Waals surface area contributed by atoms with Crippen molar-refractivity contribution in [3.8, 4) is 0 Å². The lowest BCUT2D eigenvalue weighted by Crippen LogP contribution is -2.45. The summed E-state index contributed by atoms with van der Waals surface area (Å²) in [7, 11) is 0. The molecule has 8 heteroatoms. The Morgan fingerprint density at radius 2 is 2.35 bits per heavy atom. The second kappa shape index (κ2) is 9.94. The van der Waals surface area contributed by atoms with Gasteiger partial charge in [0.25, 0.3) is 0 Å². The molecule has 0 aromatic carbocycles. The Hall–Kier alpha value is -1.58. The van der Waals surface area contributed by atoms with Crippen molar-refractivity contribution in [1.29, 1.82) is 0 Å². The van der Waals surface area contributed by atoms with Crippen LogP contribution in [0.5, 0.6) is 0 Å². The van der Waals surface area contributed by atoms with E-state index >= 15 is 0 Å². The molecule has 7 nitrogen and oxygen atoms in total. The molecule has 1 aliphatic rings. The number of aliphatic imine (C=N–C) groups is 1. The van der Waals surface area contributed by atoms with Crippen molar-refractivity contribution in [3.05, 3.63) is 35.8 Å². The topological polar surface area (TPSA) is 80.3 Å².